The summed E-state index contributed by atoms with van der Waals surface area (Å²) in [5, 5.41) is 3.12. The summed E-state index contributed by atoms with van der Waals surface area (Å²) in [5.41, 5.74) is 0. The van der Waals surface area contributed by atoms with Crippen LogP contribution in [0.5, 0.6) is 0 Å². The molecule has 2 rings (SSSR count). The lowest BCUT2D eigenvalue weighted by atomic mass is 10.2. The fraction of sp³-hybridized carbons (Fsp3) is 0.846. The molecule has 2 aliphatic rings. The minimum atomic E-state index is 0.155. The van der Waals surface area contributed by atoms with E-state index in [0.29, 0.717) is 44.5 Å². The first-order valence-corrected chi connectivity index (χ1v) is 6.99. The summed E-state index contributed by atoms with van der Waals surface area (Å²) in [6.45, 7) is 6.16. The summed E-state index contributed by atoms with van der Waals surface area (Å²) < 4.78 is 0. The molecule has 5 nitrogen and oxygen atoms in total. The van der Waals surface area contributed by atoms with Gasteiger partial charge in [0.1, 0.15) is 0 Å². The van der Waals surface area contributed by atoms with Gasteiger partial charge in [-0.3, -0.25) is 9.59 Å². The number of nitrogens with one attached hydrogen (secondary N) is 1. The van der Waals surface area contributed by atoms with Crippen LogP contribution in [-0.4, -0.2) is 60.9 Å². The van der Waals surface area contributed by atoms with Crippen molar-refractivity contribution in [3.05, 3.63) is 0 Å². The normalized spacial score (nSPS) is 20.1. The maximum Gasteiger partial charge on any atom is 0.236 e. The minimum absolute atomic E-state index is 0.155. The number of carbonyl (C=O) groups excluding carboxylic acids is 2. The van der Waals surface area contributed by atoms with E-state index < -0.39 is 0 Å². The predicted molar refractivity (Wildman–Crippen MR) is 69.0 cm³/mol. The number of amides is 2. The molecule has 0 aromatic carbocycles. The molecule has 1 aliphatic carbocycles. The van der Waals surface area contributed by atoms with Crippen LogP contribution in [0.2, 0.25) is 0 Å². The Morgan fingerprint density at radius 2 is 1.72 bits per heavy atom. The highest BCUT2D eigenvalue weighted by Gasteiger charge is 2.34. The van der Waals surface area contributed by atoms with Gasteiger partial charge in [0.05, 0.1) is 6.54 Å². The average Bonchev–Trinajstić information content (AvgIpc) is 3.22. The van der Waals surface area contributed by atoms with Crippen LogP contribution in [0, 0.1) is 5.92 Å². The monoisotopic (exact) mass is 253 g/mol. The first kappa shape index (κ1) is 13.3. The Labute approximate surface area is 108 Å². The molecule has 1 saturated heterocycles. The van der Waals surface area contributed by atoms with E-state index in [9.17, 15) is 9.59 Å². The number of piperazine rings is 1. The topological polar surface area (TPSA) is 52.7 Å². The second-order valence-electron chi connectivity index (χ2n) is 5.16. The molecule has 2 amide bonds. The van der Waals surface area contributed by atoms with Crippen molar-refractivity contribution in [3.8, 4) is 0 Å². The smallest absolute Gasteiger partial charge is 0.236 e. The fourth-order valence-corrected chi connectivity index (χ4v) is 2.25. The summed E-state index contributed by atoms with van der Waals surface area (Å²) in [5.74, 6) is 0.742. The maximum atomic E-state index is 11.9. The van der Waals surface area contributed by atoms with Crippen LogP contribution in [0.15, 0.2) is 0 Å². The summed E-state index contributed by atoms with van der Waals surface area (Å²) in [4.78, 5) is 27.5. The summed E-state index contributed by atoms with van der Waals surface area (Å²) in [6, 6.07) is 0. The third-order valence-electron chi connectivity index (χ3n) is 3.57. The lowest BCUT2D eigenvalue weighted by molar-refractivity contribution is -0.139. The van der Waals surface area contributed by atoms with Gasteiger partial charge in [-0.1, -0.05) is 6.92 Å². The molecule has 1 N–H and O–H groups in total. The van der Waals surface area contributed by atoms with E-state index in [1.807, 2.05) is 9.80 Å². The van der Waals surface area contributed by atoms with Gasteiger partial charge in [-0.25, -0.2) is 0 Å². The highest BCUT2D eigenvalue weighted by molar-refractivity contribution is 5.82. The van der Waals surface area contributed by atoms with Crippen LogP contribution < -0.4 is 5.32 Å². The van der Waals surface area contributed by atoms with Gasteiger partial charge in [0.2, 0.25) is 11.8 Å². The SMILES string of the molecule is CCCNCC(=O)N1CCN(C(=O)C2CC2)CC1. The Hall–Kier alpha value is -1.10. The summed E-state index contributed by atoms with van der Waals surface area (Å²) >= 11 is 0. The van der Waals surface area contributed by atoms with Crippen molar-refractivity contribution >= 4 is 11.8 Å². The van der Waals surface area contributed by atoms with Gasteiger partial charge in [0.15, 0.2) is 0 Å². The van der Waals surface area contributed by atoms with E-state index in [2.05, 4.69) is 12.2 Å². The van der Waals surface area contributed by atoms with Crippen LogP contribution in [0.25, 0.3) is 0 Å². The molecule has 0 spiro atoms. The maximum absolute atomic E-state index is 11.9. The number of hydrogen-bond donors (Lipinski definition) is 1. The van der Waals surface area contributed by atoms with Crippen LogP contribution >= 0.6 is 0 Å². The van der Waals surface area contributed by atoms with Crippen LogP contribution in [0.1, 0.15) is 26.2 Å². The van der Waals surface area contributed by atoms with Crippen molar-refractivity contribution in [2.24, 2.45) is 5.92 Å². The standard InChI is InChI=1S/C13H23N3O2/c1-2-5-14-10-12(17)15-6-8-16(9-7-15)13(18)11-3-4-11/h11,14H,2-10H2,1H3. The Balaban J connectivity index is 1.68. The molecule has 0 radical (unpaired) electrons. The Kier molecular flexibility index (Phi) is 4.58. The number of carbonyl (C=O) groups is 2. The van der Waals surface area contributed by atoms with Gasteiger partial charge in [-0.2, -0.15) is 0 Å². The third kappa shape index (κ3) is 3.45. The first-order chi connectivity index (χ1) is 8.72. The second kappa shape index (κ2) is 6.18. The van der Waals surface area contributed by atoms with E-state index in [1.54, 1.807) is 0 Å². The summed E-state index contributed by atoms with van der Waals surface area (Å²) in [7, 11) is 0. The molecule has 0 aromatic heterocycles. The average molecular weight is 253 g/mol. The quantitative estimate of drug-likeness (QED) is 0.705. The van der Waals surface area contributed by atoms with Crippen LogP contribution in [0.3, 0.4) is 0 Å². The van der Waals surface area contributed by atoms with Crippen molar-refractivity contribution in [1.29, 1.82) is 0 Å². The highest BCUT2D eigenvalue weighted by atomic mass is 16.2. The van der Waals surface area contributed by atoms with Crippen LogP contribution in [-0.2, 0) is 9.59 Å². The molecule has 18 heavy (non-hydrogen) atoms. The number of hydrogen-bond acceptors (Lipinski definition) is 3. The van der Waals surface area contributed by atoms with Gasteiger partial charge < -0.3 is 15.1 Å². The van der Waals surface area contributed by atoms with Gasteiger partial charge in [-0.15, -0.1) is 0 Å². The Morgan fingerprint density at radius 1 is 1.11 bits per heavy atom. The fourth-order valence-electron chi connectivity index (χ4n) is 2.25. The second-order valence-corrected chi connectivity index (χ2v) is 5.16. The van der Waals surface area contributed by atoms with E-state index in [1.165, 1.54) is 0 Å². The van der Waals surface area contributed by atoms with Gasteiger partial charge in [0, 0.05) is 32.1 Å². The highest BCUT2D eigenvalue weighted by Crippen LogP contribution is 2.31. The zero-order valence-corrected chi connectivity index (χ0v) is 11.2. The lowest BCUT2D eigenvalue weighted by Crippen LogP contribution is -2.52. The van der Waals surface area contributed by atoms with Crippen molar-refractivity contribution < 1.29 is 9.59 Å². The van der Waals surface area contributed by atoms with E-state index in [-0.39, 0.29) is 5.91 Å². The Bertz CT molecular complexity index is 307. The molecular formula is C13H23N3O2. The third-order valence-corrected chi connectivity index (χ3v) is 3.57. The molecule has 1 aliphatic heterocycles. The zero-order valence-electron chi connectivity index (χ0n) is 11.2. The molecule has 0 unspecified atom stereocenters. The predicted octanol–water partition coefficient (Wildman–Crippen LogP) is 0.0668. The largest absolute Gasteiger partial charge is 0.339 e. The van der Waals surface area contributed by atoms with Gasteiger partial charge in [0.25, 0.3) is 0 Å². The lowest BCUT2D eigenvalue weighted by Gasteiger charge is -2.35. The first-order valence-electron chi connectivity index (χ1n) is 6.99. The van der Waals surface area contributed by atoms with E-state index in [0.717, 1.165) is 25.8 Å². The molecule has 102 valence electrons. The minimum Gasteiger partial charge on any atom is -0.339 e. The number of rotatable bonds is 5. The molecule has 5 heteroatoms. The molecule has 1 heterocycles. The Morgan fingerprint density at radius 3 is 2.28 bits per heavy atom. The van der Waals surface area contributed by atoms with Gasteiger partial charge in [-0.05, 0) is 25.8 Å². The van der Waals surface area contributed by atoms with Crippen molar-refractivity contribution in [2.45, 2.75) is 26.2 Å². The molecule has 1 saturated carbocycles. The molecule has 0 atom stereocenters. The molecule has 0 aromatic rings. The summed E-state index contributed by atoms with van der Waals surface area (Å²) in [6.07, 6.45) is 3.15. The van der Waals surface area contributed by atoms with Crippen molar-refractivity contribution in [2.75, 3.05) is 39.3 Å². The van der Waals surface area contributed by atoms with Crippen molar-refractivity contribution in [3.63, 3.8) is 0 Å². The molecule has 0 bridgehead atoms. The number of nitrogens with zero attached hydrogens (tertiary/aromatic N) is 2. The van der Waals surface area contributed by atoms with Crippen molar-refractivity contribution in [1.82, 2.24) is 15.1 Å². The van der Waals surface area contributed by atoms with E-state index in [4.69, 9.17) is 0 Å². The molecule has 2 fully saturated rings. The van der Waals surface area contributed by atoms with Gasteiger partial charge >= 0.3 is 0 Å². The van der Waals surface area contributed by atoms with E-state index >= 15 is 0 Å². The zero-order chi connectivity index (χ0) is 13.0. The molecular weight excluding hydrogens is 230 g/mol. The van der Waals surface area contributed by atoms with Crippen LogP contribution in [0.4, 0.5) is 0 Å².